The van der Waals surface area contributed by atoms with Crippen molar-refractivity contribution in [1.82, 2.24) is 10.3 Å². The van der Waals surface area contributed by atoms with Gasteiger partial charge in [-0.25, -0.2) is 9.78 Å². The minimum absolute atomic E-state index is 0.140. The number of hydrogen-bond acceptors (Lipinski definition) is 4. The first-order valence-electron chi connectivity index (χ1n) is 5.89. The molecule has 1 amide bonds. The number of carbonyl (C=O) groups excluding carboxylic acids is 1. The van der Waals surface area contributed by atoms with Crippen LogP contribution in [0, 0.1) is 5.92 Å². The molecule has 0 saturated heterocycles. The number of carbonyl (C=O) groups is 2. The Labute approximate surface area is 110 Å². The summed E-state index contributed by atoms with van der Waals surface area (Å²) in [6.45, 7) is 5.52. The molecule has 100 valence electrons. The molecule has 0 spiro atoms. The van der Waals surface area contributed by atoms with E-state index in [1.54, 1.807) is 13.8 Å². The van der Waals surface area contributed by atoms with Gasteiger partial charge in [0.05, 0.1) is 12.1 Å². The van der Waals surface area contributed by atoms with Gasteiger partial charge in [-0.15, -0.1) is 11.3 Å². The van der Waals surface area contributed by atoms with Crippen molar-refractivity contribution >= 4 is 23.2 Å². The molecule has 1 atom stereocenters. The van der Waals surface area contributed by atoms with Gasteiger partial charge >= 0.3 is 5.97 Å². The summed E-state index contributed by atoms with van der Waals surface area (Å²) in [4.78, 5) is 26.9. The third-order valence-electron chi connectivity index (χ3n) is 2.52. The molecule has 18 heavy (non-hydrogen) atoms. The number of amides is 1. The van der Waals surface area contributed by atoms with Crippen LogP contribution < -0.4 is 5.32 Å². The first-order valence-corrected chi connectivity index (χ1v) is 6.77. The summed E-state index contributed by atoms with van der Waals surface area (Å²) in [7, 11) is 0. The maximum absolute atomic E-state index is 11.7. The Bertz CT molecular complexity index is 429. The highest BCUT2D eigenvalue weighted by atomic mass is 32.1. The van der Waals surface area contributed by atoms with E-state index in [0.29, 0.717) is 0 Å². The van der Waals surface area contributed by atoms with Crippen LogP contribution in [-0.4, -0.2) is 28.0 Å². The molecule has 1 rings (SSSR count). The van der Waals surface area contributed by atoms with Crippen LogP contribution in [0.4, 0.5) is 0 Å². The number of rotatable bonds is 6. The standard InChI is InChI=1S/C12H18N2O3S/c1-4-8-6-18-10(13-8)5-9(15)14-11(7(2)3)12(16)17/h6-7,11H,4-5H2,1-3H3,(H,14,15)(H,16,17)/t11-/m1/s1. The monoisotopic (exact) mass is 270 g/mol. The van der Waals surface area contributed by atoms with Crippen LogP contribution in [0.3, 0.4) is 0 Å². The van der Waals surface area contributed by atoms with Gasteiger partial charge in [0, 0.05) is 5.38 Å². The van der Waals surface area contributed by atoms with Crippen molar-refractivity contribution in [2.24, 2.45) is 5.92 Å². The molecule has 1 aromatic heterocycles. The number of nitrogens with one attached hydrogen (secondary N) is 1. The average molecular weight is 270 g/mol. The first-order chi connectivity index (χ1) is 8.43. The Hall–Kier alpha value is -1.43. The van der Waals surface area contributed by atoms with Gasteiger partial charge in [-0.2, -0.15) is 0 Å². The summed E-state index contributed by atoms with van der Waals surface area (Å²) in [5.74, 6) is -1.45. The zero-order chi connectivity index (χ0) is 13.7. The minimum atomic E-state index is -1.01. The van der Waals surface area contributed by atoms with Gasteiger partial charge in [0.2, 0.25) is 5.91 Å². The van der Waals surface area contributed by atoms with Crippen molar-refractivity contribution in [2.75, 3.05) is 0 Å². The molecule has 0 fully saturated rings. The molecule has 0 radical (unpaired) electrons. The summed E-state index contributed by atoms with van der Waals surface area (Å²) < 4.78 is 0. The van der Waals surface area contributed by atoms with Crippen molar-refractivity contribution in [2.45, 2.75) is 39.7 Å². The summed E-state index contributed by atoms with van der Waals surface area (Å²) >= 11 is 1.43. The van der Waals surface area contributed by atoms with E-state index in [-0.39, 0.29) is 18.2 Å². The van der Waals surface area contributed by atoms with Crippen LogP contribution in [0.25, 0.3) is 0 Å². The van der Waals surface area contributed by atoms with E-state index in [0.717, 1.165) is 17.1 Å². The molecule has 5 nitrogen and oxygen atoms in total. The van der Waals surface area contributed by atoms with E-state index in [4.69, 9.17) is 5.11 Å². The maximum Gasteiger partial charge on any atom is 0.326 e. The van der Waals surface area contributed by atoms with Gasteiger partial charge in [-0.1, -0.05) is 20.8 Å². The zero-order valence-corrected chi connectivity index (χ0v) is 11.6. The highest BCUT2D eigenvalue weighted by Gasteiger charge is 2.23. The normalized spacial score (nSPS) is 12.4. The van der Waals surface area contributed by atoms with Crippen molar-refractivity contribution in [3.05, 3.63) is 16.1 Å². The Balaban J connectivity index is 2.57. The number of carboxylic acid groups (broad SMARTS) is 1. The number of carboxylic acids is 1. The second kappa shape index (κ2) is 6.49. The molecule has 0 unspecified atom stereocenters. The fourth-order valence-electron chi connectivity index (χ4n) is 1.47. The minimum Gasteiger partial charge on any atom is -0.480 e. The van der Waals surface area contributed by atoms with Crippen LogP contribution in [0.5, 0.6) is 0 Å². The van der Waals surface area contributed by atoms with Crippen molar-refractivity contribution in [3.8, 4) is 0 Å². The lowest BCUT2D eigenvalue weighted by molar-refractivity contribution is -0.143. The smallest absolute Gasteiger partial charge is 0.326 e. The number of hydrogen-bond donors (Lipinski definition) is 2. The topological polar surface area (TPSA) is 79.3 Å². The molecule has 0 bridgehead atoms. The third-order valence-corrected chi connectivity index (χ3v) is 3.42. The van der Waals surface area contributed by atoms with Crippen LogP contribution in [0.2, 0.25) is 0 Å². The Morgan fingerprint density at radius 2 is 2.17 bits per heavy atom. The number of aliphatic carboxylic acids is 1. The lowest BCUT2D eigenvalue weighted by Gasteiger charge is -2.17. The highest BCUT2D eigenvalue weighted by molar-refractivity contribution is 7.09. The van der Waals surface area contributed by atoms with Gasteiger partial charge in [0.25, 0.3) is 0 Å². The quantitative estimate of drug-likeness (QED) is 0.820. The van der Waals surface area contributed by atoms with Gasteiger partial charge in [-0.3, -0.25) is 4.79 Å². The fraction of sp³-hybridized carbons (Fsp3) is 0.583. The summed E-state index contributed by atoms with van der Waals surface area (Å²) in [5.41, 5.74) is 0.960. The van der Waals surface area contributed by atoms with Crippen LogP contribution in [0.15, 0.2) is 5.38 Å². The molecule has 6 heteroatoms. The van der Waals surface area contributed by atoms with E-state index >= 15 is 0 Å². The van der Waals surface area contributed by atoms with Gasteiger partial charge in [0.15, 0.2) is 0 Å². The molecule has 1 heterocycles. The van der Waals surface area contributed by atoms with E-state index in [9.17, 15) is 9.59 Å². The van der Waals surface area contributed by atoms with Crippen LogP contribution >= 0.6 is 11.3 Å². The van der Waals surface area contributed by atoms with E-state index in [1.165, 1.54) is 11.3 Å². The number of nitrogens with zero attached hydrogens (tertiary/aromatic N) is 1. The first kappa shape index (κ1) is 14.6. The lowest BCUT2D eigenvalue weighted by Crippen LogP contribution is -2.44. The molecular weight excluding hydrogens is 252 g/mol. The summed E-state index contributed by atoms with van der Waals surface area (Å²) in [5, 5.41) is 14.1. The number of aromatic nitrogens is 1. The third kappa shape index (κ3) is 4.10. The Kier molecular flexibility index (Phi) is 5.27. The molecule has 1 aromatic rings. The molecule has 2 N–H and O–H groups in total. The predicted molar refractivity (Wildman–Crippen MR) is 69.6 cm³/mol. The van der Waals surface area contributed by atoms with E-state index in [2.05, 4.69) is 10.3 Å². The Morgan fingerprint density at radius 1 is 1.50 bits per heavy atom. The summed E-state index contributed by atoms with van der Waals surface area (Å²) in [6, 6.07) is -0.844. The largest absolute Gasteiger partial charge is 0.480 e. The second-order valence-corrected chi connectivity index (χ2v) is 5.33. The molecule has 0 aliphatic heterocycles. The van der Waals surface area contributed by atoms with Crippen molar-refractivity contribution in [1.29, 1.82) is 0 Å². The second-order valence-electron chi connectivity index (χ2n) is 4.39. The van der Waals surface area contributed by atoms with E-state index < -0.39 is 12.0 Å². The highest BCUT2D eigenvalue weighted by Crippen LogP contribution is 2.11. The van der Waals surface area contributed by atoms with Crippen molar-refractivity contribution < 1.29 is 14.7 Å². The predicted octanol–water partition coefficient (Wildman–Crippen LogP) is 1.47. The van der Waals surface area contributed by atoms with Crippen LogP contribution in [-0.2, 0) is 22.4 Å². The molecule has 0 aromatic carbocycles. The SMILES string of the molecule is CCc1csc(CC(=O)N[C@@H](C(=O)O)C(C)C)n1. The lowest BCUT2D eigenvalue weighted by atomic mass is 10.0. The maximum atomic E-state index is 11.7. The molecule has 0 aliphatic rings. The van der Waals surface area contributed by atoms with Gasteiger partial charge in [-0.05, 0) is 12.3 Å². The Morgan fingerprint density at radius 3 is 2.61 bits per heavy atom. The zero-order valence-electron chi connectivity index (χ0n) is 10.8. The number of aryl methyl sites for hydroxylation is 1. The van der Waals surface area contributed by atoms with Crippen LogP contribution in [0.1, 0.15) is 31.5 Å². The van der Waals surface area contributed by atoms with Gasteiger partial charge in [0.1, 0.15) is 11.0 Å². The number of thiazole rings is 1. The van der Waals surface area contributed by atoms with E-state index in [1.807, 2.05) is 12.3 Å². The van der Waals surface area contributed by atoms with Crippen molar-refractivity contribution in [3.63, 3.8) is 0 Å². The average Bonchev–Trinajstić information content (AvgIpc) is 2.72. The molecule has 0 aliphatic carbocycles. The molecular formula is C12H18N2O3S. The van der Waals surface area contributed by atoms with Gasteiger partial charge < -0.3 is 10.4 Å². The molecule has 0 saturated carbocycles. The summed E-state index contributed by atoms with van der Waals surface area (Å²) in [6.07, 6.45) is 0.975. The fourth-order valence-corrected chi connectivity index (χ4v) is 2.34.